The number of hydrogen-bond donors (Lipinski definition) is 0. The lowest BCUT2D eigenvalue weighted by atomic mass is 10.1. The maximum absolute atomic E-state index is 12.4. The summed E-state index contributed by atoms with van der Waals surface area (Å²) in [6.07, 6.45) is 0. The molecule has 2 amide bonds. The van der Waals surface area contributed by atoms with Gasteiger partial charge in [-0.1, -0.05) is 28.8 Å². The molecule has 0 saturated carbocycles. The molecule has 0 radical (unpaired) electrons. The summed E-state index contributed by atoms with van der Waals surface area (Å²) in [4.78, 5) is 41.3. The van der Waals surface area contributed by atoms with Gasteiger partial charge < -0.3 is 9.57 Å². The van der Waals surface area contributed by atoms with Crippen LogP contribution in [-0.2, 0) is 4.84 Å². The minimum absolute atomic E-state index is 0.0518. The number of rotatable bonds is 4. The number of alkyl halides is 2. The summed E-state index contributed by atoms with van der Waals surface area (Å²) in [7, 11) is 0. The predicted octanol–water partition coefficient (Wildman–Crippen LogP) is 3.31. The number of imide groups is 1. The molecule has 2 aromatic carbocycles. The number of benzene rings is 2. The smallest absolute Gasteiger partial charge is 0.387 e. The second-order valence-electron chi connectivity index (χ2n) is 4.85. The lowest BCUT2D eigenvalue weighted by Gasteiger charge is -2.15. The fraction of sp³-hybridized carbons (Fsp3) is 0.0625. The fourth-order valence-electron chi connectivity index (χ4n) is 2.24. The average Bonchev–Trinajstić information content (AvgIpc) is 2.81. The van der Waals surface area contributed by atoms with E-state index in [1.807, 2.05) is 0 Å². The Labute approximate surface area is 144 Å². The molecule has 1 heterocycles. The summed E-state index contributed by atoms with van der Waals surface area (Å²) in [5.74, 6) is -3.42. The van der Waals surface area contributed by atoms with Crippen LogP contribution in [-0.4, -0.2) is 29.5 Å². The summed E-state index contributed by atoms with van der Waals surface area (Å²) in [5, 5.41) is 0.316. The molecule has 9 heteroatoms. The minimum atomic E-state index is -3.19. The van der Waals surface area contributed by atoms with Crippen LogP contribution in [0.5, 0.6) is 5.75 Å². The Morgan fingerprint density at radius 1 is 1.04 bits per heavy atom. The largest absolute Gasteiger partial charge is 0.434 e. The normalized spacial score (nSPS) is 13.2. The second kappa shape index (κ2) is 6.48. The third kappa shape index (κ3) is 3.16. The molecule has 0 aliphatic carbocycles. The number of ether oxygens (including phenoxy) is 1. The molecule has 0 unspecified atom stereocenters. The van der Waals surface area contributed by atoms with Gasteiger partial charge in [0.25, 0.3) is 11.8 Å². The molecule has 0 bridgehead atoms. The van der Waals surface area contributed by atoms with Crippen LogP contribution >= 0.6 is 11.6 Å². The van der Waals surface area contributed by atoms with Gasteiger partial charge in [-0.25, -0.2) is 4.79 Å². The average molecular weight is 368 g/mol. The SMILES string of the molecule is O=C(ON1C(=O)c2ccccc2C1=O)c1cc(Cl)ccc1OC(F)F. The molecule has 0 aromatic heterocycles. The first-order chi connectivity index (χ1) is 11.9. The van der Waals surface area contributed by atoms with E-state index in [1.54, 1.807) is 12.1 Å². The number of amides is 2. The van der Waals surface area contributed by atoms with E-state index in [0.717, 1.165) is 12.1 Å². The van der Waals surface area contributed by atoms with Crippen molar-refractivity contribution in [3.63, 3.8) is 0 Å². The summed E-state index contributed by atoms with van der Waals surface area (Å²) in [5.41, 5.74) is -0.324. The lowest BCUT2D eigenvalue weighted by Crippen LogP contribution is -2.32. The molecule has 0 saturated heterocycles. The van der Waals surface area contributed by atoms with Crippen molar-refractivity contribution in [2.45, 2.75) is 6.61 Å². The summed E-state index contributed by atoms with van der Waals surface area (Å²) in [6, 6.07) is 9.19. The zero-order valence-corrected chi connectivity index (χ0v) is 13.0. The monoisotopic (exact) mass is 367 g/mol. The van der Waals surface area contributed by atoms with Crippen LogP contribution in [0.15, 0.2) is 42.5 Å². The fourth-order valence-corrected chi connectivity index (χ4v) is 2.41. The quantitative estimate of drug-likeness (QED) is 0.775. The van der Waals surface area contributed by atoms with Crippen molar-refractivity contribution in [2.75, 3.05) is 0 Å². The predicted molar refractivity (Wildman–Crippen MR) is 80.4 cm³/mol. The van der Waals surface area contributed by atoms with Crippen molar-refractivity contribution in [2.24, 2.45) is 0 Å². The minimum Gasteiger partial charge on any atom is -0.434 e. The maximum atomic E-state index is 12.4. The third-order valence-electron chi connectivity index (χ3n) is 3.31. The molecule has 6 nitrogen and oxygen atoms in total. The first-order valence-corrected chi connectivity index (χ1v) is 7.20. The van der Waals surface area contributed by atoms with Crippen molar-refractivity contribution in [3.8, 4) is 5.75 Å². The van der Waals surface area contributed by atoms with E-state index in [9.17, 15) is 23.2 Å². The number of nitrogens with zero attached hydrogens (tertiary/aromatic N) is 1. The number of fused-ring (bicyclic) bond motifs is 1. The van der Waals surface area contributed by atoms with Gasteiger partial charge in [-0.15, -0.1) is 0 Å². The number of hydrogen-bond acceptors (Lipinski definition) is 5. The molecule has 0 spiro atoms. The molecule has 2 aromatic rings. The summed E-state index contributed by atoms with van der Waals surface area (Å²) >= 11 is 5.75. The van der Waals surface area contributed by atoms with Gasteiger partial charge >= 0.3 is 12.6 Å². The van der Waals surface area contributed by atoms with Gasteiger partial charge in [-0.3, -0.25) is 9.59 Å². The first kappa shape index (κ1) is 16.8. The van der Waals surface area contributed by atoms with Crippen LogP contribution in [0, 0.1) is 0 Å². The second-order valence-corrected chi connectivity index (χ2v) is 5.28. The van der Waals surface area contributed by atoms with Gasteiger partial charge in [0.2, 0.25) is 0 Å². The molecule has 128 valence electrons. The zero-order valence-electron chi connectivity index (χ0n) is 12.2. The van der Waals surface area contributed by atoms with Gasteiger partial charge in [-0.05, 0) is 30.3 Å². The van der Waals surface area contributed by atoms with E-state index in [-0.39, 0.29) is 21.2 Å². The summed E-state index contributed by atoms with van der Waals surface area (Å²) < 4.78 is 29.1. The van der Waals surface area contributed by atoms with Crippen LogP contribution in [0.25, 0.3) is 0 Å². The molecule has 0 atom stereocenters. The number of carbonyl (C=O) groups excluding carboxylic acids is 3. The lowest BCUT2D eigenvalue weighted by molar-refractivity contribution is -0.0622. The van der Waals surface area contributed by atoms with Gasteiger partial charge in [-0.2, -0.15) is 8.78 Å². The van der Waals surface area contributed by atoms with Crippen LogP contribution < -0.4 is 4.74 Å². The molecule has 0 N–H and O–H groups in total. The van der Waals surface area contributed by atoms with Gasteiger partial charge in [0.05, 0.1) is 11.1 Å². The van der Waals surface area contributed by atoms with Crippen molar-refractivity contribution in [3.05, 3.63) is 64.2 Å². The topological polar surface area (TPSA) is 72.9 Å². The van der Waals surface area contributed by atoms with E-state index in [0.29, 0.717) is 0 Å². The Morgan fingerprint density at radius 3 is 2.20 bits per heavy atom. The van der Waals surface area contributed by atoms with Crippen molar-refractivity contribution < 1.29 is 32.7 Å². The Bertz CT molecular complexity index is 852. The van der Waals surface area contributed by atoms with Gasteiger partial charge in [0.1, 0.15) is 11.3 Å². The molecule has 1 aliphatic heterocycles. The molecule has 25 heavy (non-hydrogen) atoms. The number of halogens is 3. The molecule has 3 rings (SSSR count). The standard InChI is InChI=1S/C16H8ClF2NO5/c17-8-5-6-12(24-16(18)19)11(7-8)15(23)25-20-13(21)9-3-1-2-4-10(9)14(20)22/h1-7,16H. The Kier molecular flexibility index (Phi) is 4.37. The maximum Gasteiger partial charge on any atom is 0.387 e. The van der Waals surface area contributed by atoms with E-state index < -0.39 is 35.7 Å². The van der Waals surface area contributed by atoms with E-state index in [2.05, 4.69) is 4.74 Å². The molecular weight excluding hydrogens is 360 g/mol. The molecule has 0 fully saturated rings. The van der Waals surface area contributed by atoms with Crippen molar-refractivity contribution in [1.29, 1.82) is 0 Å². The van der Waals surface area contributed by atoms with Gasteiger partial charge in [0.15, 0.2) is 0 Å². The van der Waals surface area contributed by atoms with Gasteiger partial charge in [0, 0.05) is 5.02 Å². The van der Waals surface area contributed by atoms with Crippen LogP contribution in [0.4, 0.5) is 8.78 Å². The number of carbonyl (C=O) groups is 3. The zero-order chi connectivity index (χ0) is 18.1. The first-order valence-electron chi connectivity index (χ1n) is 6.83. The Morgan fingerprint density at radius 2 is 1.64 bits per heavy atom. The highest BCUT2D eigenvalue weighted by atomic mass is 35.5. The van der Waals surface area contributed by atoms with E-state index in [4.69, 9.17) is 16.4 Å². The Hall–Kier alpha value is -3.00. The highest BCUT2D eigenvalue weighted by molar-refractivity contribution is 6.31. The van der Waals surface area contributed by atoms with Crippen LogP contribution in [0.1, 0.15) is 31.1 Å². The third-order valence-corrected chi connectivity index (χ3v) is 3.54. The van der Waals surface area contributed by atoms with E-state index in [1.165, 1.54) is 18.2 Å². The van der Waals surface area contributed by atoms with Crippen LogP contribution in [0.2, 0.25) is 5.02 Å². The highest BCUT2D eigenvalue weighted by Crippen LogP contribution is 2.28. The van der Waals surface area contributed by atoms with Crippen molar-refractivity contribution in [1.82, 2.24) is 5.06 Å². The Balaban J connectivity index is 1.88. The highest BCUT2D eigenvalue weighted by Gasteiger charge is 2.39. The molecular formula is C16H8ClF2NO5. The van der Waals surface area contributed by atoms with Crippen molar-refractivity contribution >= 4 is 29.4 Å². The van der Waals surface area contributed by atoms with Crippen LogP contribution in [0.3, 0.4) is 0 Å². The number of hydroxylamine groups is 2. The van der Waals surface area contributed by atoms with E-state index >= 15 is 0 Å². The summed E-state index contributed by atoms with van der Waals surface area (Å²) in [6.45, 7) is -3.19. The molecule has 1 aliphatic rings.